The van der Waals surface area contributed by atoms with Crippen molar-refractivity contribution in [2.24, 2.45) is 0 Å². The van der Waals surface area contributed by atoms with Gasteiger partial charge in [-0.25, -0.2) is 8.42 Å². The molecule has 0 aliphatic rings. The van der Waals surface area contributed by atoms with Gasteiger partial charge >= 0.3 is 0 Å². The number of amides is 1. The zero-order valence-electron chi connectivity index (χ0n) is 15.0. The first-order valence-corrected chi connectivity index (χ1v) is 10.7. The van der Waals surface area contributed by atoms with Gasteiger partial charge in [-0.05, 0) is 17.7 Å². The second kappa shape index (κ2) is 8.96. The Morgan fingerprint density at radius 2 is 1.85 bits per heavy atom. The number of carbonyl (C=O) groups is 1. The van der Waals surface area contributed by atoms with Crippen LogP contribution in [-0.4, -0.2) is 46.3 Å². The number of rotatable bonds is 8. The second-order valence-electron chi connectivity index (χ2n) is 6.25. The summed E-state index contributed by atoms with van der Waals surface area (Å²) in [6.45, 7) is 0.958. The van der Waals surface area contributed by atoms with Gasteiger partial charge in [0, 0.05) is 19.2 Å². The van der Waals surface area contributed by atoms with E-state index in [2.05, 4.69) is 19.4 Å². The summed E-state index contributed by atoms with van der Waals surface area (Å²) in [7, 11) is 1.79. The van der Waals surface area contributed by atoms with E-state index in [9.17, 15) is 13.2 Å². The first kappa shape index (κ1) is 20.9. The maximum absolute atomic E-state index is 12.4. The zero-order chi connectivity index (χ0) is 19.3. The molecule has 0 saturated heterocycles. The van der Waals surface area contributed by atoms with Gasteiger partial charge in [0.15, 0.2) is 0 Å². The van der Waals surface area contributed by atoms with Crippen molar-refractivity contribution in [3.05, 3.63) is 51.9 Å². The van der Waals surface area contributed by atoms with Crippen LogP contribution in [0.1, 0.15) is 11.1 Å². The molecule has 26 heavy (non-hydrogen) atoms. The van der Waals surface area contributed by atoms with Crippen LogP contribution in [0, 0.1) is 0 Å². The van der Waals surface area contributed by atoms with E-state index in [4.69, 9.17) is 11.6 Å². The van der Waals surface area contributed by atoms with Crippen LogP contribution in [0.15, 0.2) is 40.6 Å². The molecule has 1 heterocycles. The summed E-state index contributed by atoms with van der Waals surface area (Å²) in [5.74, 6) is -0.356. The predicted octanol–water partition coefficient (Wildman–Crippen LogP) is 0.983. The number of benzene rings is 1. The van der Waals surface area contributed by atoms with Crippen LogP contribution in [0.3, 0.4) is 0 Å². The van der Waals surface area contributed by atoms with Crippen LogP contribution in [-0.2, 0) is 27.9 Å². The van der Waals surface area contributed by atoms with Gasteiger partial charge in [-0.1, -0.05) is 35.9 Å². The molecule has 2 N–H and O–H groups in total. The number of hydrogen-bond donors (Lipinski definition) is 2. The van der Waals surface area contributed by atoms with Gasteiger partial charge in [0.05, 0.1) is 25.0 Å². The summed E-state index contributed by atoms with van der Waals surface area (Å²) in [5, 5.41) is 2.80. The molecule has 0 radical (unpaired) electrons. The molecule has 0 saturated carbocycles. The average molecular weight is 417 g/mol. The van der Waals surface area contributed by atoms with Gasteiger partial charge in [-0.15, -0.1) is 11.3 Å². The largest absolute Gasteiger partial charge is 0.351 e. The number of thiophene rings is 1. The molecule has 2 aromatic rings. The molecule has 142 valence electrons. The third-order valence-corrected chi connectivity index (χ3v) is 7.22. The van der Waals surface area contributed by atoms with Crippen molar-refractivity contribution in [1.29, 1.82) is 0 Å². The van der Waals surface area contributed by atoms with Gasteiger partial charge in [0.2, 0.25) is 5.91 Å². The molecule has 0 bridgehead atoms. The van der Waals surface area contributed by atoms with E-state index >= 15 is 0 Å². The summed E-state index contributed by atoms with van der Waals surface area (Å²) in [6.07, 6.45) is 0. The molecular formula is C17H23ClN3O3S2+. The average Bonchev–Trinajstić information content (AvgIpc) is 3.00. The number of carbonyl (C=O) groups excluding carboxylic acids is 1. The van der Waals surface area contributed by atoms with Crippen LogP contribution in [0.25, 0.3) is 0 Å². The van der Waals surface area contributed by atoms with E-state index in [-0.39, 0.29) is 16.7 Å². The molecule has 1 aromatic carbocycles. The summed E-state index contributed by atoms with van der Waals surface area (Å²) in [6, 6.07) is 10.9. The summed E-state index contributed by atoms with van der Waals surface area (Å²) in [5.41, 5.74) is 2.18. The Hall–Kier alpha value is -1.45. The van der Waals surface area contributed by atoms with Crippen molar-refractivity contribution in [3.8, 4) is 0 Å². The van der Waals surface area contributed by atoms with E-state index in [0.29, 0.717) is 10.9 Å². The smallest absolute Gasteiger partial charge is 0.252 e. The maximum Gasteiger partial charge on any atom is 0.252 e. The van der Waals surface area contributed by atoms with E-state index in [1.54, 1.807) is 0 Å². The van der Waals surface area contributed by atoms with E-state index in [1.807, 2.05) is 24.3 Å². The van der Waals surface area contributed by atoms with Gasteiger partial charge in [0.25, 0.3) is 10.0 Å². The molecule has 2 rings (SSSR count). The minimum Gasteiger partial charge on any atom is -0.351 e. The fraction of sp³-hybridized carbons (Fsp3) is 0.353. The van der Waals surface area contributed by atoms with Crippen molar-refractivity contribution in [2.45, 2.75) is 17.3 Å². The molecule has 0 spiro atoms. The lowest BCUT2D eigenvalue weighted by molar-refractivity contribution is -0.872. The van der Waals surface area contributed by atoms with E-state index in [1.165, 1.54) is 24.1 Å². The molecule has 1 amide bonds. The normalized spacial score (nSPS) is 11.9. The highest BCUT2D eigenvalue weighted by Gasteiger charge is 2.24. The van der Waals surface area contributed by atoms with Crippen molar-refractivity contribution in [3.63, 3.8) is 0 Å². The SMILES string of the molecule is CN(CC(=O)NCc1ccccc1C[NH+](C)C)S(=O)(=O)c1ccc(Cl)s1. The predicted molar refractivity (Wildman–Crippen MR) is 104 cm³/mol. The number of nitrogens with one attached hydrogen (secondary N) is 2. The molecule has 6 nitrogen and oxygen atoms in total. The second-order valence-corrected chi connectivity index (χ2v) is 10.2. The van der Waals surface area contributed by atoms with Crippen molar-refractivity contribution >= 4 is 38.9 Å². The molecule has 9 heteroatoms. The monoisotopic (exact) mass is 416 g/mol. The highest BCUT2D eigenvalue weighted by molar-refractivity contribution is 7.91. The first-order chi connectivity index (χ1) is 12.2. The standard InChI is InChI=1S/C17H22ClN3O3S2/c1-20(2)11-14-7-5-4-6-13(14)10-19-16(22)12-21(3)26(23,24)17-9-8-15(18)25-17/h4-9H,10-12H2,1-3H3,(H,19,22)/p+1. The minimum absolute atomic E-state index is 0.122. The number of hydrogen-bond acceptors (Lipinski definition) is 4. The van der Waals surface area contributed by atoms with E-state index in [0.717, 1.165) is 33.3 Å². The summed E-state index contributed by atoms with van der Waals surface area (Å²) < 4.78 is 26.4. The Bertz CT molecular complexity index is 866. The highest BCUT2D eigenvalue weighted by atomic mass is 35.5. The number of quaternary nitrogens is 1. The topological polar surface area (TPSA) is 70.9 Å². The lowest BCUT2D eigenvalue weighted by atomic mass is 10.1. The number of halogens is 1. The van der Waals surface area contributed by atoms with E-state index < -0.39 is 10.0 Å². The highest BCUT2D eigenvalue weighted by Crippen LogP contribution is 2.27. The van der Waals surface area contributed by atoms with Crippen molar-refractivity contribution in [2.75, 3.05) is 27.7 Å². The summed E-state index contributed by atoms with van der Waals surface area (Å²) in [4.78, 5) is 13.5. The molecular weight excluding hydrogens is 394 g/mol. The number of sulfonamides is 1. The first-order valence-electron chi connectivity index (χ1n) is 8.04. The quantitative estimate of drug-likeness (QED) is 0.674. The molecule has 0 atom stereocenters. The lowest BCUT2D eigenvalue weighted by Crippen LogP contribution is -3.04. The molecule has 0 aliphatic heterocycles. The van der Waals surface area contributed by atoms with Gasteiger partial charge in [-0.3, -0.25) is 4.79 Å². The number of likely N-dealkylation sites (N-methyl/N-ethyl adjacent to an activating group) is 1. The Morgan fingerprint density at radius 3 is 2.42 bits per heavy atom. The van der Waals surface area contributed by atoms with Gasteiger partial charge in [0.1, 0.15) is 10.8 Å². The minimum atomic E-state index is -3.72. The Labute approximate surface area is 163 Å². The Balaban J connectivity index is 1.97. The third kappa shape index (κ3) is 5.52. The van der Waals surface area contributed by atoms with Crippen molar-refractivity contribution < 1.29 is 18.1 Å². The van der Waals surface area contributed by atoms with Crippen LogP contribution in [0.5, 0.6) is 0 Å². The fourth-order valence-corrected chi connectivity index (χ4v) is 5.23. The van der Waals surface area contributed by atoms with Crippen LogP contribution in [0.4, 0.5) is 0 Å². The Morgan fingerprint density at radius 1 is 1.19 bits per heavy atom. The number of nitrogens with zero attached hydrogens (tertiary/aromatic N) is 1. The zero-order valence-corrected chi connectivity index (χ0v) is 17.3. The lowest BCUT2D eigenvalue weighted by Gasteiger charge is -2.16. The molecule has 0 fully saturated rings. The van der Waals surface area contributed by atoms with Crippen LogP contribution < -0.4 is 10.2 Å². The Kier molecular flexibility index (Phi) is 7.19. The maximum atomic E-state index is 12.4. The van der Waals surface area contributed by atoms with Crippen molar-refractivity contribution in [1.82, 2.24) is 9.62 Å². The molecule has 0 aliphatic carbocycles. The van der Waals surface area contributed by atoms with Crippen LogP contribution in [0.2, 0.25) is 4.34 Å². The van der Waals surface area contributed by atoms with Crippen LogP contribution >= 0.6 is 22.9 Å². The molecule has 0 unspecified atom stereocenters. The third-order valence-electron chi connectivity index (χ3n) is 3.72. The van der Waals surface area contributed by atoms with Gasteiger partial charge < -0.3 is 10.2 Å². The summed E-state index contributed by atoms with van der Waals surface area (Å²) >= 11 is 6.77. The fourth-order valence-electron chi connectivity index (χ4n) is 2.41. The van der Waals surface area contributed by atoms with Gasteiger partial charge in [-0.2, -0.15) is 4.31 Å². The molecule has 1 aromatic heterocycles.